The van der Waals surface area contributed by atoms with Crippen LogP contribution < -0.4 is 10.6 Å². The molecule has 1 heterocycles. The van der Waals surface area contributed by atoms with Crippen molar-refractivity contribution in [2.24, 2.45) is 11.8 Å². The fraction of sp³-hybridized carbons (Fsp3) is 0.467. The van der Waals surface area contributed by atoms with Gasteiger partial charge >= 0.3 is 5.97 Å². The number of esters is 1. The van der Waals surface area contributed by atoms with Gasteiger partial charge in [-0.3, -0.25) is 4.79 Å². The second-order valence-corrected chi connectivity index (χ2v) is 4.99. The van der Waals surface area contributed by atoms with E-state index in [0.717, 1.165) is 13.1 Å². The second-order valence-electron chi connectivity index (χ2n) is 4.99. The summed E-state index contributed by atoms with van der Waals surface area (Å²) in [5.41, 5.74) is 1.18. The molecule has 5 heteroatoms. The smallest absolute Gasteiger partial charge is 0.338 e. The number of rotatable bonds is 5. The molecule has 108 valence electrons. The minimum Gasteiger partial charge on any atom is -0.462 e. The van der Waals surface area contributed by atoms with Crippen LogP contribution >= 0.6 is 0 Å². The molecule has 1 atom stereocenters. The van der Waals surface area contributed by atoms with Gasteiger partial charge in [0, 0.05) is 11.6 Å². The normalized spacial score (nSPS) is 16.1. The van der Waals surface area contributed by atoms with Crippen LogP contribution in [0, 0.1) is 11.8 Å². The topological polar surface area (TPSA) is 67.4 Å². The average molecular weight is 276 g/mol. The summed E-state index contributed by atoms with van der Waals surface area (Å²) in [4.78, 5) is 23.5. The zero-order valence-electron chi connectivity index (χ0n) is 11.8. The maximum atomic E-state index is 12.0. The van der Waals surface area contributed by atoms with Crippen LogP contribution in [0.4, 0.5) is 5.69 Å². The number of carbonyl (C=O) groups excluding carboxylic acids is 2. The van der Waals surface area contributed by atoms with E-state index in [9.17, 15) is 9.59 Å². The maximum Gasteiger partial charge on any atom is 0.338 e. The fourth-order valence-corrected chi connectivity index (χ4v) is 2.04. The number of ether oxygens (including phenoxy) is 1. The van der Waals surface area contributed by atoms with Gasteiger partial charge in [-0.15, -0.1) is 0 Å². The molecule has 1 aromatic carbocycles. The van der Waals surface area contributed by atoms with E-state index in [1.165, 1.54) is 0 Å². The number of carbonyl (C=O) groups is 2. The van der Waals surface area contributed by atoms with Crippen molar-refractivity contribution in [3.8, 4) is 0 Å². The number of hydrogen-bond donors (Lipinski definition) is 2. The first-order valence-electron chi connectivity index (χ1n) is 6.90. The predicted molar refractivity (Wildman–Crippen MR) is 76.6 cm³/mol. The molecule has 0 bridgehead atoms. The summed E-state index contributed by atoms with van der Waals surface area (Å²) in [7, 11) is 0. The third-order valence-corrected chi connectivity index (χ3v) is 3.60. The predicted octanol–water partition coefficient (Wildman–Crippen LogP) is 1.66. The molecular weight excluding hydrogens is 256 g/mol. The Kier molecular flexibility index (Phi) is 4.74. The van der Waals surface area contributed by atoms with E-state index in [-0.39, 0.29) is 17.8 Å². The molecule has 0 spiro atoms. The Morgan fingerprint density at radius 2 is 2.00 bits per heavy atom. The van der Waals surface area contributed by atoms with Gasteiger partial charge in [0.1, 0.15) is 0 Å². The van der Waals surface area contributed by atoms with Crippen LogP contribution in [-0.4, -0.2) is 31.6 Å². The molecule has 1 aliphatic heterocycles. The van der Waals surface area contributed by atoms with Crippen LogP contribution in [0.5, 0.6) is 0 Å². The van der Waals surface area contributed by atoms with Crippen molar-refractivity contribution in [3.05, 3.63) is 29.8 Å². The zero-order chi connectivity index (χ0) is 14.5. The molecule has 1 unspecified atom stereocenters. The number of benzene rings is 1. The minimum atomic E-state index is -0.348. The third kappa shape index (κ3) is 3.36. The van der Waals surface area contributed by atoms with Gasteiger partial charge in [-0.2, -0.15) is 0 Å². The van der Waals surface area contributed by atoms with Crippen LogP contribution in [0.15, 0.2) is 24.3 Å². The average Bonchev–Trinajstić information content (AvgIpc) is 2.37. The number of hydrogen-bond acceptors (Lipinski definition) is 4. The van der Waals surface area contributed by atoms with E-state index in [2.05, 4.69) is 10.6 Å². The van der Waals surface area contributed by atoms with Gasteiger partial charge in [-0.1, -0.05) is 6.92 Å². The van der Waals surface area contributed by atoms with Gasteiger partial charge in [-0.05, 0) is 50.2 Å². The van der Waals surface area contributed by atoms with Gasteiger partial charge in [0.15, 0.2) is 0 Å². The van der Waals surface area contributed by atoms with E-state index in [4.69, 9.17) is 4.74 Å². The van der Waals surface area contributed by atoms with Gasteiger partial charge in [0.25, 0.3) is 0 Å². The Hall–Kier alpha value is -1.88. The number of nitrogens with one attached hydrogen (secondary N) is 2. The molecule has 0 radical (unpaired) electrons. The van der Waals surface area contributed by atoms with E-state index >= 15 is 0 Å². The van der Waals surface area contributed by atoms with Gasteiger partial charge < -0.3 is 15.4 Å². The third-order valence-electron chi connectivity index (χ3n) is 3.60. The Morgan fingerprint density at radius 3 is 2.50 bits per heavy atom. The highest BCUT2D eigenvalue weighted by Gasteiger charge is 2.28. The first-order chi connectivity index (χ1) is 9.61. The quantitative estimate of drug-likeness (QED) is 0.803. The van der Waals surface area contributed by atoms with E-state index < -0.39 is 0 Å². The highest BCUT2D eigenvalue weighted by atomic mass is 16.5. The van der Waals surface area contributed by atoms with Crippen molar-refractivity contribution in [2.45, 2.75) is 13.8 Å². The number of amides is 1. The lowest BCUT2D eigenvalue weighted by Crippen LogP contribution is -2.48. The molecular formula is C15H20N2O3. The molecule has 0 aromatic heterocycles. The Morgan fingerprint density at radius 1 is 1.35 bits per heavy atom. The molecule has 0 saturated carbocycles. The number of anilines is 1. The summed E-state index contributed by atoms with van der Waals surface area (Å²) in [5, 5.41) is 6.03. The largest absolute Gasteiger partial charge is 0.462 e. The summed E-state index contributed by atoms with van der Waals surface area (Å²) in [5.74, 6) is 0.0643. The summed E-state index contributed by atoms with van der Waals surface area (Å²) >= 11 is 0. The van der Waals surface area contributed by atoms with Crippen molar-refractivity contribution in [3.63, 3.8) is 0 Å². The van der Waals surface area contributed by atoms with Crippen LogP contribution in [0.1, 0.15) is 24.2 Å². The first-order valence-corrected chi connectivity index (χ1v) is 6.90. The monoisotopic (exact) mass is 276 g/mol. The van der Waals surface area contributed by atoms with E-state index in [0.29, 0.717) is 23.8 Å². The van der Waals surface area contributed by atoms with E-state index in [1.807, 2.05) is 6.92 Å². The lowest BCUT2D eigenvalue weighted by atomic mass is 9.88. The van der Waals surface area contributed by atoms with Crippen molar-refractivity contribution in [1.29, 1.82) is 0 Å². The summed E-state index contributed by atoms with van der Waals surface area (Å²) in [6.07, 6.45) is 0. The molecule has 1 fully saturated rings. The summed E-state index contributed by atoms with van der Waals surface area (Å²) < 4.78 is 4.91. The molecule has 1 aliphatic rings. The van der Waals surface area contributed by atoms with Crippen LogP contribution in [0.2, 0.25) is 0 Å². The van der Waals surface area contributed by atoms with Crippen molar-refractivity contribution in [2.75, 3.05) is 25.0 Å². The minimum absolute atomic E-state index is 0.0130. The standard InChI is InChI=1S/C15H20N2O3/c1-3-20-15(19)11-4-6-13(7-5-11)17-14(18)10(2)12-8-16-9-12/h4-7,10,12,16H,3,8-9H2,1-2H3,(H,17,18). The molecule has 1 aromatic rings. The van der Waals surface area contributed by atoms with Crippen LogP contribution in [0.3, 0.4) is 0 Å². The Bertz CT molecular complexity index is 480. The van der Waals surface area contributed by atoms with Gasteiger partial charge in [-0.25, -0.2) is 4.79 Å². The lowest BCUT2D eigenvalue weighted by Gasteiger charge is -2.31. The Balaban J connectivity index is 1.92. The SMILES string of the molecule is CCOC(=O)c1ccc(NC(=O)C(C)C2CNC2)cc1. The maximum absolute atomic E-state index is 12.0. The van der Waals surface area contributed by atoms with Crippen LogP contribution in [-0.2, 0) is 9.53 Å². The fourth-order valence-electron chi connectivity index (χ4n) is 2.04. The summed E-state index contributed by atoms with van der Waals surface area (Å²) in [6.45, 7) is 5.86. The second kappa shape index (κ2) is 6.52. The molecule has 2 N–H and O–H groups in total. The van der Waals surface area contributed by atoms with Gasteiger partial charge in [0.05, 0.1) is 12.2 Å². The zero-order valence-corrected chi connectivity index (χ0v) is 11.8. The highest BCUT2D eigenvalue weighted by Crippen LogP contribution is 2.18. The van der Waals surface area contributed by atoms with Crippen molar-refractivity contribution in [1.82, 2.24) is 5.32 Å². The van der Waals surface area contributed by atoms with Crippen molar-refractivity contribution >= 4 is 17.6 Å². The van der Waals surface area contributed by atoms with E-state index in [1.54, 1.807) is 31.2 Å². The molecule has 0 aliphatic carbocycles. The molecule has 5 nitrogen and oxygen atoms in total. The molecule has 1 amide bonds. The molecule has 1 saturated heterocycles. The Labute approximate surface area is 118 Å². The lowest BCUT2D eigenvalue weighted by molar-refractivity contribution is -0.121. The first kappa shape index (κ1) is 14.5. The highest BCUT2D eigenvalue weighted by molar-refractivity contribution is 5.94. The van der Waals surface area contributed by atoms with Crippen molar-refractivity contribution < 1.29 is 14.3 Å². The molecule has 2 rings (SSSR count). The van der Waals surface area contributed by atoms with Crippen LogP contribution in [0.25, 0.3) is 0 Å². The van der Waals surface area contributed by atoms with Gasteiger partial charge in [0.2, 0.25) is 5.91 Å². The summed E-state index contributed by atoms with van der Waals surface area (Å²) in [6, 6.07) is 6.75. The molecule has 20 heavy (non-hydrogen) atoms.